The zero-order chi connectivity index (χ0) is 18.0. The zero-order valence-electron chi connectivity index (χ0n) is 14.1. The molecule has 0 unspecified atom stereocenters. The van der Waals surface area contributed by atoms with Gasteiger partial charge in [0.15, 0.2) is 0 Å². The zero-order valence-corrected chi connectivity index (χ0v) is 15.7. The molecule has 132 valence electrons. The highest BCUT2D eigenvalue weighted by atomic mass is 79.9. The minimum absolute atomic E-state index is 0.107. The molecule has 1 aromatic heterocycles. The fraction of sp³-hybridized carbons (Fsp3) is 0.500. The first-order valence-electron chi connectivity index (χ1n) is 8.41. The van der Waals surface area contributed by atoms with Crippen molar-refractivity contribution in [2.75, 3.05) is 0 Å². The summed E-state index contributed by atoms with van der Waals surface area (Å²) in [5.74, 6) is -0.182. The summed E-state index contributed by atoms with van der Waals surface area (Å²) in [4.78, 5) is 25.0. The number of nitrogens with one attached hydrogen (secondary N) is 1. The van der Waals surface area contributed by atoms with Crippen LogP contribution in [0.25, 0.3) is 10.8 Å². The Morgan fingerprint density at radius 1 is 1.36 bits per heavy atom. The molecule has 3 saturated carbocycles. The highest BCUT2D eigenvalue weighted by Gasteiger charge is 2.69. The molecule has 1 amide bonds. The molecular formula is C18H19BrFN3O2. The molecule has 5 nitrogen and oxygen atoms in total. The monoisotopic (exact) mass is 407 g/mol. The SMILES string of the molecule is CC(C)c1nn(CC(=O)NC23CC(F)(C2)C3)c(=O)c2ccc(Br)cc12. The van der Waals surface area contributed by atoms with Gasteiger partial charge in [-0.3, -0.25) is 9.59 Å². The van der Waals surface area contributed by atoms with E-state index < -0.39 is 11.2 Å². The van der Waals surface area contributed by atoms with Gasteiger partial charge in [0.05, 0.1) is 11.1 Å². The molecule has 1 heterocycles. The Kier molecular flexibility index (Phi) is 3.58. The fourth-order valence-corrected chi connectivity index (χ4v) is 4.45. The maximum absolute atomic E-state index is 13.6. The summed E-state index contributed by atoms with van der Waals surface area (Å²) in [5, 5.41) is 8.65. The van der Waals surface area contributed by atoms with Gasteiger partial charge in [-0.2, -0.15) is 5.10 Å². The molecule has 0 radical (unpaired) electrons. The van der Waals surface area contributed by atoms with E-state index in [0.717, 1.165) is 15.6 Å². The summed E-state index contributed by atoms with van der Waals surface area (Å²) in [6.45, 7) is 3.85. The lowest BCUT2D eigenvalue weighted by Gasteiger charge is -2.65. The maximum Gasteiger partial charge on any atom is 0.275 e. The number of rotatable bonds is 4. The van der Waals surface area contributed by atoms with E-state index in [0.29, 0.717) is 24.6 Å². The molecule has 3 aliphatic rings. The van der Waals surface area contributed by atoms with Crippen LogP contribution < -0.4 is 10.9 Å². The smallest absolute Gasteiger partial charge is 0.275 e. The number of amides is 1. The average molecular weight is 408 g/mol. The van der Waals surface area contributed by atoms with Crippen molar-refractivity contribution < 1.29 is 9.18 Å². The van der Waals surface area contributed by atoms with Crippen LogP contribution in [-0.2, 0) is 11.3 Å². The molecule has 25 heavy (non-hydrogen) atoms. The molecule has 3 aliphatic carbocycles. The molecule has 7 heteroatoms. The van der Waals surface area contributed by atoms with Gasteiger partial charge in [0.2, 0.25) is 5.91 Å². The molecule has 2 bridgehead atoms. The van der Waals surface area contributed by atoms with Crippen LogP contribution in [-0.4, -0.2) is 26.9 Å². The second-order valence-electron chi connectivity index (χ2n) is 7.70. The molecule has 1 N–H and O–H groups in total. The van der Waals surface area contributed by atoms with Crippen molar-refractivity contribution in [3.63, 3.8) is 0 Å². The van der Waals surface area contributed by atoms with Gasteiger partial charge in [0.25, 0.3) is 5.56 Å². The predicted molar refractivity (Wildman–Crippen MR) is 96.4 cm³/mol. The Labute approximate surface area is 152 Å². The number of nitrogens with zero attached hydrogens (tertiary/aromatic N) is 2. The maximum atomic E-state index is 13.6. The van der Waals surface area contributed by atoms with Crippen LogP contribution in [0.3, 0.4) is 0 Å². The standard InChI is InChI=1S/C18H19BrFN3O2/c1-10(2)15-13-5-11(19)3-4-12(13)16(25)23(22-15)6-14(24)21-18-7-17(20,8-18)9-18/h3-5,10H,6-9H2,1-2H3,(H,21,24). The van der Waals surface area contributed by atoms with E-state index in [-0.39, 0.29) is 23.9 Å². The summed E-state index contributed by atoms with van der Waals surface area (Å²) < 4.78 is 15.7. The Hall–Kier alpha value is -1.76. The number of aromatic nitrogens is 2. The number of hydrogen-bond donors (Lipinski definition) is 1. The first-order chi connectivity index (χ1) is 11.7. The normalized spacial score (nSPS) is 27.1. The van der Waals surface area contributed by atoms with Crippen molar-refractivity contribution in [3.8, 4) is 0 Å². The molecule has 0 spiro atoms. The van der Waals surface area contributed by atoms with Crippen molar-refractivity contribution in [1.29, 1.82) is 0 Å². The lowest BCUT2D eigenvalue weighted by molar-refractivity contribution is -0.175. The van der Waals surface area contributed by atoms with Gasteiger partial charge in [-0.15, -0.1) is 0 Å². The topological polar surface area (TPSA) is 64.0 Å². The average Bonchev–Trinajstić information content (AvgIpc) is 2.47. The third kappa shape index (κ3) is 2.69. The van der Waals surface area contributed by atoms with Gasteiger partial charge >= 0.3 is 0 Å². The minimum Gasteiger partial charge on any atom is -0.349 e. The first-order valence-corrected chi connectivity index (χ1v) is 9.20. The third-order valence-corrected chi connectivity index (χ3v) is 5.65. The summed E-state index contributed by atoms with van der Waals surface area (Å²) in [7, 11) is 0. The highest BCUT2D eigenvalue weighted by molar-refractivity contribution is 9.10. The first kappa shape index (κ1) is 16.7. The highest BCUT2D eigenvalue weighted by Crippen LogP contribution is 2.62. The summed E-state index contributed by atoms with van der Waals surface area (Å²) >= 11 is 3.42. The molecular weight excluding hydrogens is 389 g/mol. The van der Waals surface area contributed by atoms with Gasteiger partial charge in [-0.1, -0.05) is 29.8 Å². The predicted octanol–water partition coefficient (Wildman–Crippen LogP) is 3.04. The van der Waals surface area contributed by atoms with Crippen LogP contribution in [0.15, 0.2) is 27.5 Å². The van der Waals surface area contributed by atoms with Crippen molar-refractivity contribution in [1.82, 2.24) is 15.1 Å². The van der Waals surface area contributed by atoms with Crippen LogP contribution in [0.5, 0.6) is 0 Å². The van der Waals surface area contributed by atoms with E-state index in [1.54, 1.807) is 12.1 Å². The quantitative estimate of drug-likeness (QED) is 0.846. The molecule has 5 rings (SSSR count). The number of halogens is 2. The van der Waals surface area contributed by atoms with E-state index in [4.69, 9.17) is 0 Å². The molecule has 0 saturated heterocycles. The van der Waals surface area contributed by atoms with Crippen LogP contribution in [0.2, 0.25) is 0 Å². The van der Waals surface area contributed by atoms with Gasteiger partial charge in [0, 0.05) is 34.7 Å². The van der Waals surface area contributed by atoms with Gasteiger partial charge in [-0.05, 0) is 24.1 Å². The van der Waals surface area contributed by atoms with E-state index in [1.807, 2.05) is 19.9 Å². The Balaban J connectivity index is 1.65. The van der Waals surface area contributed by atoms with Crippen molar-refractivity contribution in [2.24, 2.45) is 0 Å². The lowest BCUT2D eigenvalue weighted by Crippen LogP contribution is -2.77. The van der Waals surface area contributed by atoms with Gasteiger partial charge < -0.3 is 5.32 Å². The van der Waals surface area contributed by atoms with Gasteiger partial charge in [-0.25, -0.2) is 9.07 Å². The second-order valence-corrected chi connectivity index (χ2v) is 8.62. The third-order valence-electron chi connectivity index (χ3n) is 5.16. The van der Waals surface area contributed by atoms with Crippen molar-refractivity contribution in [3.05, 3.63) is 38.7 Å². The summed E-state index contributed by atoms with van der Waals surface area (Å²) in [6.07, 6.45) is 1.16. The molecule has 0 atom stereocenters. The summed E-state index contributed by atoms with van der Waals surface area (Å²) in [5.41, 5.74) is -0.972. The largest absolute Gasteiger partial charge is 0.349 e. The number of carbonyl (C=O) groups excluding carboxylic acids is 1. The number of alkyl halides is 1. The molecule has 1 aromatic carbocycles. The number of fused-ring (bicyclic) bond motifs is 1. The minimum atomic E-state index is -1.07. The lowest BCUT2D eigenvalue weighted by atomic mass is 9.47. The molecule has 3 fully saturated rings. The van der Waals surface area contributed by atoms with E-state index in [1.165, 1.54) is 4.68 Å². The fourth-order valence-electron chi connectivity index (χ4n) is 4.08. The van der Waals surface area contributed by atoms with Crippen LogP contribution in [0.4, 0.5) is 4.39 Å². The number of hydrogen-bond acceptors (Lipinski definition) is 3. The molecule has 2 aromatic rings. The van der Waals surface area contributed by atoms with E-state index >= 15 is 0 Å². The van der Waals surface area contributed by atoms with Crippen molar-refractivity contribution >= 4 is 32.6 Å². The van der Waals surface area contributed by atoms with E-state index in [2.05, 4.69) is 26.3 Å². The van der Waals surface area contributed by atoms with E-state index in [9.17, 15) is 14.0 Å². The van der Waals surface area contributed by atoms with Gasteiger partial charge in [0.1, 0.15) is 12.2 Å². The van der Waals surface area contributed by atoms with Crippen LogP contribution in [0.1, 0.15) is 44.7 Å². The summed E-state index contributed by atoms with van der Waals surface area (Å²) in [6, 6.07) is 5.44. The molecule has 0 aliphatic heterocycles. The Morgan fingerprint density at radius 2 is 2.04 bits per heavy atom. The Bertz CT molecular complexity index is 933. The van der Waals surface area contributed by atoms with Crippen molar-refractivity contribution in [2.45, 2.75) is 56.8 Å². The Morgan fingerprint density at radius 3 is 2.64 bits per heavy atom. The number of carbonyl (C=O) groups is 1. The second kappa shape index (κ2) is 5.37. The van der Waals surface area contributed by atoms with Crippen LogP contribution >= 0.6 is 15.9 Å². The van der Waals surface area contributed by atoms with Crippen LogP contribution in [0, 0.1) is 0 Å². The number of benzene rings is 1.